The molecule has 1 aromatic heterocycles. The van der Waals surface area contributed by atoms with E-state index >= 15 is 0 Å². The number of rotatable bonds is 6. The van der Waals surface area contributed by atoms with Gasteiger partial charge in [-0.2, -0.15) is 0 Å². The fraction of sp³-hybridized carbons (Fsp3) is 0.0952. The molecule has 1 N–H and O–H groups in total. The molecule has 2 aromatic carbocycles. The Labute approximate surface area is 168 Å². The van der Waals surface area contributed by atoms with Gasteiger partial charge < -0.3 is 10.1 Å². The van der Waals surface area contributed by atoms with Gasteiger partial charge in [-0.3, -0.25) is 9.78 Å². The zero-order chi connectivity index (χ0) is 20.9. The Balaban J connectivity index is 1.61. The summed E-state index contributed by atoms with van der Waals surface area (Å²) in [5.41, 5.74) is 1.62. The molecule has 0 aliphatic heterocycles. The number of anilines is 1. The Bertz CT molecular complexity index is 1200. The minimum atomic E-state index is -3.51. The van der Waals surface area contributed by atoms with Gasteiger partial charge in [0.15, 0.2) is 16.4 Å². The number of carbonyl (C=O) groups excluding carboxylic acids is 2. The van der Waals surface area contributed by atoms with Gasteiger partial charge in [0.25, 0.3) is 5.91 Å². The molecule has 0 unspecified atom stereocenters. The second-order valence-electron chi connectivity index (χ2n) is 6.18. The van der Waals surface area contributed by atoms with E-state index in [0.29, 0.717) is 0 Å². The number of nitrogens with one attached hydrogen (secondary N) is 1. The quantitative estimate of drug-likeness (QED) is 0.495. The standard InChI is InChI=1S/C21H18N2O5S/c1-29(26,27)18-10-3-2-9-17(18)23-19(24)14-28-20(25)12-11-16-7-4-6-15-8-5-13-22-21(15)16/h2-13H,14H2,1H3,(H,23,24)/b12-11+. The molecule has 1 heterocycles. The summed E-state index contributed by atoms with van der Waals surface area (Å²) in [6.07, 6.45) is 5.48. The predicted molar refractivity (Wildman–Crippen MR) is 110 cm³/mol. The molecule has 0 saturated heterocycles. The third kappa shape index (κ3) is 5.26. The van der Waals surface area contributed by atoms with Gasteiger partial charge in [-0.25, -0.2) is 13.2 Å². The average molecular weight is 410 g/mol. The Morgan fingerprint density at radius 1 is 1.07 bits per heavy atom. The van der Waals surface area contributed by atoms with Crippen molar-refractivity contribution in [1.82, 2.24) is 4.98 Å². The number of esters is 1. The zero-order valence-corrected chi connectivity index (χ0v) is 16.3. The van der Waals surface area contributed by atoms with Crippen LogP contribution < -0.4 is 5.32 Å². The first-order valence-electron chi connectivity index (χ1n) is 8.62. The SMILES string of the molecule is CS(=O)(=O)c1ccccc1NC(=O)COC(=O)/C=C/c1cccc2cccnc12. The van der Waals surface area contributed by atoms with Crippen LogP contribution in [0, 0.1) is 0 Å². The highest BCUT2D eigenvalue weighted by Crippen LogP contribution is 2.20. The van der Waals surface area contributed by atoms with E-state index < -0.39 is 28.3 Å². The third-order valence-corrected chi connectivity index (χ3v) is 5.12. The molecule has 0 radical (unpaired) electrons. The number of pyridine rings is 1. The van der Waals surface area contributed by atoms with Crippen LogP contribution in [-0.2, 0) is 24.2 Å². The monoisotopic (exact) mass is 410 g/mol. The molecular formula is C21H18N2O5S. The number of carbonyl (C=O) groups is 2. The van der Waals surface area contributed by atoms with Gasteiger partial charge >= 0.3 is 5.97 Å². The number of para-hydroxylation sites is 2. The summed E-state index contributed by atoms with van der Waals surface area (Å²) in [6.45, 7) is -0.547. The van der Waals surface area contributed by atoms with Crippen LogP contribution in [-0.4, -0.2) is 38.1 Å². The predicted octanol–water partition coefficient (Wildman–Crippen LogP) is 2.83. The number of hydrogen-bond donors (Lipinski definition) is 1. The lowest BCUT2D eigenvalue weighted by atomic mass is 10.1. The van der Waals surface area contributed by atoms with Crippen molar-refractivity contribution >= 4 is 44.4 Å². The van der Waals surface area contributed by atoms with Crippen LogP contribution in [0.15, 0.2) is 71.8 Å². The minimum Gasteiger partial charge on any atom is -0.452 e. The van der Waals surface area contributed by atoms with Crippen molar-refractivity contribution < 1.29 is 22.7 Å². The Morgan fingerprint density at radius 3 is 2.62 bits per heavy atom. The lowest BCUT2D eigenvalue weighted by Gasteiger charge is -2.09. The minimum absolute atomic E-state index is 0.0111. The Kier molecular flexibility index (Phi) is 6.04. The highest BCUT2D eigenvalue weighted by atomic mass is 32.2. The second-order valence-corrected chi connectivity index (χ2v) is 8.16. The first kappa shape index (κ1) is 20.2. The molecule has 29 heavy (non-hydrogen) atoms. The summed E-state index contributed by atoms with van der Waals surface area (Å²) in [5, 5.41) is 3.38. The molecule has 0 atom stereocenters. The van der Waals surface area contributed by atoms with Crippen molar-refractivity contribution in [2.24, 2.45) is 0 Å². The molecule has 8 heteroatoms. The number of benzene rings is 2. The molecule has 1 amide bonds. The van der Waals surface area contributed by atoms with Crippen LogP contribution in [0.4, 0.5) is 5.69 Å². The molecule has 0 aliphatic carbocycles. The van der Waals surface area contributed by atoms with E-state index in [0.717, 1.165) is 22.7 Å². The fourth-order valence-corrected chi connectivity index (χ4v) is 3.53. The van der Waals surface area contributed by atoms with Crippen molar-refractivity contribution in [3.63, 3.8) is 0 Å². The van der Waals surface area contributed by atoms with Crippen LogP contribution in [0.25, 0.3) is 17.0 Å². The molecule has 0 spiro atoms. The summed E-state index contributed by atoms with van der Waals surface area (Å²) in [6, 6.07) is 15.3. The van der Waals surface area contributed by atoms with Crippen LogP contribution in [0.2, 0.25) is 0 Å². The Morgan fingerprint density at radius 2 is 1.83 bits per heavy atom. The smallest absolute Gasteiger partial charge is 0.331 e. The molecule has 3 rings (SSSR count). The molecule has 148 valence electrons. The number of ether oxygens (including phenoxy) is 1. The first-order chi connectivity index (χ1) is 13.8. The maximum absolute atomic E-state index is 12.0. The Hall–Kier alpha value is -3.52. The largest absolute Gasteiger partial charge is 0.452 e. The summed E-state index contributed by atoms with van der Waals surface area (Å²) in [4.78, 5) is 28.2. The number of aromatic nitrogens is 1. The van der Waals surface area contributed by atoms with Gasteiger partial charge in [0.05, 0.1) is 16.1 Å². The van der Waals surface area contributed by atoms with E-state index in [4.69, 9.17) is 4.74 Å². The van der Waals surface area contributed by atoms with E-state index in [-0.39, 0.29) is 10.6 Å². The first-order valence-corrected chi connectivity index (χ1v) is 10.5. The van der Waals surface area contributed by atoms with Crippen LogP contribution in [0.5, 0.6) is 0 Å². The van der Waals surface area contributed by atoms with Crippen molar-refractivity contribution in [3.05, 3.63) is 72.4 Å². The normalized spacial score (nSPS) is 11.5. The maximum atomic E-state index is 12.0. The van der Waals surface area contributed by atoms with E-state index in [1.165, 1.54) is 18.2 Å². The van der Waals surface area contributed by atoms with Crippen molar-refractivity contribution in [2.75, 3.05) is 18.2 Å². The molecule has 0 fully saturated rings. The number of amides is 1. The maximum Gasteiger partial charge on any atom is 0.331 e. The van der Waals surface area contributed by atoms with Gasteiger partial charge in [-0.1, -0.05) is 36.4 Å². The van der Waals surface area contributed by atoms with E-state index in [9.17, 15) is 18.0 Å². The van der Waals surface area contributed by atoms with Gasteiger partial charge in [-0.05, 0) is 24.3 Å². The number of fused-ring (bicyclic) bond motifs is 1. The summed E-state index contributed by atoms with van der Waals surface area (Å²) >= 11 is 0. The fourth-order valence-electron chi connectivity index (χ4n) is 2.68. The zero-order valence-electron chi connectivity index (χ0n) is 15.5. The molecule has 3 aromatic rings. The van der Waals surface area contributed by atoms with Gasteiger partial charge in [0.2, 0.25) is 0 Å². The van der Waals surface area contributed by atoms with E-state index in [1.807, 2.05) is 30.3 Å². The third-order valence-electron chi connectivity index (χ3n) is 3.97. The molecule has 0 aliphatic rings. The van der Waals surface area contributed by atoms with E-state index in [1.54, 1.807) is 24.4 Å². The lowest BCUT2D eigenvalue weighted by Crippen LogP contribution is -2.21. The lowest BCUT2D eigenvalue weighted by molar-refractivity contribution is -0.142. The van der Waals surface area contributed by atoms with Gasteiger partial charge in [0, 0.05) is 29.5 Å². The van der Waals surface area contributed by atoms with Gasteiger partial charge in [-0.15, -0.1) is 0 Å². The summed E-state index contributed by atoms with van der Waals surface area (Å²) in [5.74, 6) is -1.35. The van der Waals surface area contributed by atoms with Crippen molar-refractivity contribution in [2.45, 2.75) is 4.90 Å². The van der Waals surface area contributed by atoms with Crippen molar-refractivity contribution in [1.29, 1.82) is 0 Å². The van der Waals surface area contributed by atoms with Crippen molar-refractivity contribution in [3.8, 4) is 0 Å². The van der Waals surface area contributed by atoms with Crippen LogP contribution in [0.3, 0.4) is 0 Å². The van der Waals surface area contributed by atoms with Gasteiger partial charge in [0.1, 0.15) is 0 Å². The second kappa shape index (κ2) is 8.66. The number of hydrogen-bond acceptors (Lipinski definition) is 6. The van der Waals surface area contributed by atoms with Crippen LogP contribution >= 0.6 is 0 Å². The highest BCUT2D eigenvalue weighted by molar-refractivity contribution is 7.90. The van der Waals surface area contributed by atoms with Crippen LogP contribution in [0.1, 0.15) is 5.56 Å². The summed E-state index contributed by atoms with van der Waals surface area (Å²) in [7, 11) is -3.51. The topological polar surface area (TPSA) is 102 Å². The average Bonchev–Trinajstić information content (AvgIpc) is 2.70. The number of sulfone groups is 1. The molecule has 0 saturated carbocycles. The summed E-state index contributed by atoms with van der Waals surface area (Å²) < 4.78 is 28.5. The highest BCUT2D eigenvalue weighted by Gasteiger charge is 2.15. The molecular weight excluding hydrogens is 392 g/mol. The van der Waals surface area contributed by atoms with E-state index in [2.05, 4.69) is 10.3 Å². The number of nitrogens with zero attached hydrogens (tertiary/aromatic N) is 1. The molecule has 0 bridgehead atoms. The molecule has 7 nitrogen and oxygen atoms in total.